The van der Waals surface area contributed by atoms with Crippen molar-refractivity contribution in [2.24, 2.45) is 11.8 Å². The van der Waals surface area contributed by atoms with Gasteiger partial charge in [0.2, 0.25) is 5.91 Å². The van der Waals surface area contributed by atoms with Crippen LogP contribution >= 0.6 is 0 Å². The SMILES string of the molecule is CCCNC(=O)C[C@@H](C)OCC1COC2CCC1CC2. The molecule has 2 aliphatic heterocycles. The van der Waals surface area contributed by atoms with Crippen LogP contribution in [0.1, 0.15) is 52.4 Å². The molecule has 0 radical (unpaired) electrons. The van der Waals surface area contributed by atoms with Crippen molar-refractivity contribution in [3.8, 4) is 0 Å². The molecule has 4 heteroatoms. The minimum absolute atomic E-state index is 0.00712. The molecule has 1 unspecified atom stereocenters. The minimum Gasteiger partial charge on any atom is -0.378 e. The second-order valence-corrected chi connectivity index (χ2v) is 6.33. The standard InChI is InChI=1S/C16H29NO3/c1-3-8-17-16(18)9-12(2)19-10-14-11-20-15-6-4-13(14)5-7-15/h12-15H,3-11H2,1-2H3,(H,17,18)/t12-,13?,14?,15?/m1/s1. The Morgan fingerprint density at radius 1 is 1.35 bits per heavy atom. The molecule has 1 N–H and O–H groups in total. The Morgan fingerprint density at radius 3 is 2.80 bits per heavy atom. The zero-order valence-corrected chi connectivity index (χ0v) is 12.9. The van der Waals surface area contributed by atoms with Crippen LogP contribution < -0.4 is 5.32 Å². The van der Waals surface area contributed by atoms with Gasteiger partial charge in [-0.3, -0.25) is 4.79 Å². The Bertz CT molecular complexity index is 300. The maximum atomic E-state index is 11.6. The van der Waals surface area contributed by atoms with Crippen molar-refractivity contribution in [3.63, 3.8) is 0 Å². The predicted molar refractivity (Wildman–Crippen MR) is 78.5 cm³/mol. The normalized spacial score (nSPS) is 30.8. The van der Waals surface area contributed by atoms with Gasteiger partial charge in [0, 0.05) is 12.5 Å². The number of nitrogens with one attached hydrogen (secondary N) is 1. The van der Waals surface area contributed by atoms with Crippen molar-refractivity contribution in [1.29, 1.82) is 0 Å². The van der Waals surface area contributed by atoms with Gasteiger partial charge in [0.15, 0.2) is 0 Å². The number of rotatable bonds is 7. The topological polar surface area (TPSA) is 47.6 Å². The molecular weight excluding hydrogens is 254 g/mol. The molecule has 0 aromatic heterocycles. The van der Waals surface area contributed by atoms with E-state index in [1.165, 1.54) is 25.7 Å². The summed E-state index contributed by atoms with van der Waals surface area (Å²) in [6.07, 6.45) is 6.92. The Balaban J connectivity index is 1.67. The molecule has 116 valence electrons. The lowest BCUT2D eigenvalue weighted by Crippen LogP contribution is -2.30. The number of hydrogen-bond donors (Lipinski definition) is 1. The molecule has 2 bridgehead atoms. The van der Waals surface area contributed by atoms with E-state index < -0.39 is 0 Å². The van der Waals surface area contributed by atoms with Crippen molar-refractivity contribution in [2.75, 3.05) is 19.8 Å². The third-order valence-electron chi connectivity index (χ3n) is 4.57. The number of amides is 1. The van der Waals surface area contributed by atoms with Gasteiger partial charge in [0.25, 0.3) is 0 Å². The molecule has 1 aliphatic carbocycles. The molecule has 2 saturated heterocycles. The van der Waals surface area contributed by atoms with Gasteiger partial charge in [0.05, 0.1) is 31.8 Å². The third-order valence-corrected chi connectivity index (χ3v) is 4.57. The maximum Gasteiger partial charge on any atom is 0.222 e. The monoisotopic (exact) mass is 283 g/mol. The highest BCUT2D eigenvalue weighted by molar-refractivity contribution is 5.76. The molecule has 2 heterocycles. The molecule has 4 nitrogen and oxygen atoms in total. The number of carbonyl (C=O) groups is 1. The van der Waals surface area contributed by atoms with Gasteiger partial charge in [-0.1, -0.05) is 6.92 Å². The van der Waals surface area contributed by atoms with E-state index in [9.17, 15) is 4.79 Å². The average molecular weight is 283 g/mol. The summed E-state index contributed by atoms with van der Waals surface area (Å²) in [5.74, 6) is 1.37. The molecule has 0 spiro atoms. The van der Waals surface area contributed by atoms with Crippen LogP contribution in [-0.4, -0.2) is 37.9 Å². The van der Waals surface area contributed by atoms with Crippen molar-refractivity contribution in [3.05, 3.63) is 0 Å². The van der Waals surface area contributed by atoms with E-state index in [0.29, 0.717) is 18.4 Å². The highest BCUT2D eigenvalue weighted by Gasteiger charge is 2.33. The summed E-state index contributed by atoms with van der Waals surface area (Å²) in [5, 5.41) is 2.89. The Labute approximate surface area is 122 Å². The molecule has 0 aromatic carbocycles. The van der Waals surface area contributed by atoms with Crippen LogP contribution in [0.2, 0.25) is 0 Å². The molecule has 1 saturated carbocycles. The maximum absolute atomic E-state index is 11.6. The summed E-state index contributed by atoms with van der Waals surface area (Å²) in [6.45, 7) is 6.37. The van der Waals surface area contributed by atoms with Crippen molar-refractivity contribution in [2.45, 2.75) is 64.6 Å². The molecule has 1 amide bonds. The highest BCUT2D eigenvalue weighted by atomic mass is 16.5. The lowest BCUT2D eigenvalue weighted by Gasteiger charge is -2.26. The molecule has 2 atom stereocenters. The average Bonchev–Trinajstić information content (AvgIpc) is 2.76. The molecular formula is C16H29NO3. The lowest BCUT2D eigenvalue weighted by molar-refractivity contribution is -0.124. The summed E-state index contributed by atoms with van der Waals surface area (Å²) in [6, 6.07) is 0. The molecule has 20 heavy (non-hydrogen) atoms. The van der Waals surface area contributed by atoms with Crippen LogP contribution in [0.5, 0.6) is 0 Å². The molecule has 3 fully saturated rings. The molecule has 3 rings (SSSR count). The van der Waals surface area contributed by atoms with Gasteiger partial charge in [0.1, 0.15) is 0 Å². The number of ether oxygens (including phenoxy) is 2. The van der Waals surface area contributed by atoms with Crippen LogP contribution in [0.15, 0.2) is 0 Å². The van der Waals surface area contributed by atoms with Crippen molar-refractivity contribution in [1.82, 2.24) is 5.32 Å². The largest absolute Gasteiger partial charge is 0.378 e. The van der Waals surface area contributed by atoms with Gasteiger partial charge in [-0.25, -0.2) is 0 Å². The van der Waals surface area contributed by atoms with E-state index >= 15 is 0 Å². The van der Waals surface area contributed by atoms with Gasteiger partial charge < -0.3 is 14.8 Å². The smallest absolute Gasteiger partial charge is 0.222 e. The Hall–Kier alpha value is -0.610. The van der Waals surface area contributed by atoms with Crippen LogP contribution in [-0.2, 0) is 14.3 Å². The number of fused-ring (bicyclic) bond motifs is 4. The quantitative estimate of drug-likeness (QED) is 0.781. The summed E-state index contributed by atoms with van der Waals surface area (Å²) in [4.78, 5) is 11.6. The van der Waals surface area contributed by atoms with E-state index in [-0.39, 0.29) is 12.0 Å². The predicted octanol–water partition coefficient (Wildman–Crippen LogP) is 2.51. The van der Waals surface area contributed by atoms with Crippen molar-refractivity contribution < 1.29 is 14.3 Å². The fourth-order valence-corrected chi connectivity index (χ4v) is 3.25. The van der Waals surface area contributed by atoms with Crippen LogP contribution in [0.4, 0.5) is 0 Å². The first-order valence-corrected chi connectivity index (χ1v) is 8.19. The summed E-state index contributed by atoms with van der Waals surface area (Å²) in [5.41, 5.74) is 0. The van der Waals surface area contributed by atoms with Crippen LogP contribution in [0.3, 0.4) is 0 Å². The highest BCUT2D eigenvalue weighted by Crippen LogP contribution is 2.36. The second-order valence-electron chi connectivity index (χ2n) is 6.33. The van der Waals surface area contributed by atoms with E-state index in [1.807, 2.05) is 6.92 Å². The fraction of sp³-hybridized carbons (Fsp3) is 0.938. The van der Waals surface area contributed by atoms with E-state index in [4.69, 9.17) is 9.47 Å². The first-order valence-electron chi connectivity index (χ1n) is 8.19. The molecule has 0 aromatic rings. The Kier molecular flexibility index (Phi) is 6.30. The summed E-state index contributed by atoms with van der Waals surface area (Å²) in [7, 11) is 0. The second kappa shape index (κ2) is 7.99. The van der Waals surface area contributed by atoms with Gasteiger partial charge in [-0.15, -0.1) is 0 Å². The zero-order valence-electron chi connectivity index (χ0n) is 12.9. The van der Waals surface area contributed by atoms with E-state index in [0.717, 1.165) is 32.1 Å². The van der Waals surface area contributed by atoms with Gasteiger partial charge in [-0.05, 0) is 44.9 Å². The van der Waals surface area contributed by atoms with E-state index in [2.05, 4.69) is 12.2 Å². The lowest BCUT2D eigenvalue weighted by atomic mass is 9.81. The molecule has 3 aliphatic rings. The van der Waals surface area contributed by atoms with Crippen molar-refractivity contribution >= 4 is 5.91 Å². The van der Waals surface area contributed by atoms with Gasteiger partial charge >= 0.3 is 0 Å². The van der Waals surface area contributed by atoms with E-state index in [1.54, 1.807) is 0 Å². The first kappa shape index (κ1) is 15.8. The minimum atomic E-state index is -0.00712. The van der Waals surface area contributed by atoms with Gasteiger partial charge in [-0.2, -0.15) is 0 Å². The van der Waals surface area contributed by atoms with Crippen LogP contribution in [0, 0.1) is 11.8 Å². The summed E-state index contributed by atoms with van der Waals surface area (Å²) < 4.78 is 11.8. The Morgan fingerprint density at radius 2 is 2.10 bits per heavy atom. The number of hydrogen-bond acceptors (Lipinski definition) is 3. The first-order chi connectivity index (χ1) is 9.69. The third kappa shape index (κ3) is 4.74. The number of carbonyl (C=O) groups excluding carboxylic acids is 1. The van der Waals surface area contributed by atoms with Crippen LogP contribution in [0.25, 0.3) is 0 Å². The summed E-state index contributed by atoms with van der Waals surface area (Å²) >= 11 is 0. The zero-order chi connectivity index (χ0) is 14.4. The fourth-order valence-electron chi connectivity index (χ4n) is 3.25.